The van der Waals surface area contributed by atoms with Crippen molar-refractivity contribution in [2.24, 2.45) is 11.7 Å². The maximum Gasteiger partial charge on any atom is 0.308 e. The number of aliphatic hydroxyl groups excluding tert-OH is 1. The van der Waals surface area contributed by atoms with Gasteiger partial charge in [-0.1, -0.05) is 74.5 Å². The van der Waals surface area contributed by atoms with Gasteiger partial charge in [0, 0.05) is 17.8 Å². The number of anilines is 1. The van der Waals surface area contributed by atoms with Crippen molar-refractivity contribution >= 4 is 28.7 Å². The summed E-state index contributed by atoms with van der Waals surface area (Å²) in [5.41, 5.74) is 11.2. The first-order chi connectivity index (χ1) is 19.7. The molecule has 1 saturated heterocycles. The van der Waals surface area contributed by atoms with Crippen LogP contribution in [0.5, 0.6) is 0 Å². The SMILES string of the molecule is CC(C)/C(N)=C(C(=O)Nc1ccccc1)/C(=C(\CCC[C@@H]1C[C@@H](O)CC(=O)O1)c1ccc(F)cc1)c1ccccc1. The lowest BCUT2D eigenvalue weighted by Gasteiger charge is -2.26. The van der Waals surface area contributed by atoms with Gasteiger partial charge in [-0.3, -0.25) is 9.59 Å². The quantitative estimate of drug-likeness (QED) is 0.115. The van der Waals surface area contributed by atoms with Crippen molar-refractivity contribution in [3.05, 3.63) is 113 Å². The number of aliphatic hydroxyl groups is 1. The van der Waals surface area contributed by atoms with Crippen molar-refractivity contribution in [3.8, 4) is 0 Å². The summed E-state index contributed by atoms with van der Waals surface area (Å²) < 4.78 is 19.5. The molecule has 1 aliphatic rings. The highest BCUT2D eigenvalue weighted by atomic mass is 19.1. The summed E-state index contributed by atoms with van der Waals surface area (Å²) in [4.78, 5) is 25.9. The number of hydrogen-bond donors (Lipinski definition) is 3. The van der Waals surface area contributed by atoms with Gasteiger partial charge in [-0.15, -0.1) is 0 Å². The number of amides is 1. The topological polar surface area (TPSA) is 102 Å². The normalized spacial score (nSPS) is 18.3. The number of benzene rings is 3. The molecule has 1 heterocycles. The smallest absolute Gasteiger partial charge is 0.308 e. The second-order valence-electron chi connectivity index (χ2n) is 10.6. The fourth-order valence-electron chi connectivity index (χ4n) is 5.08. The molecule has 0 spiro atoms. The predicted molar refractivity (Wildman–Crippen MR) is 160 cm³/mol. The van der Waals surface area contributed by atoms with Crippen LogP contribution in [0.25, 0.3) is 11.1 Å². The van der Waals surface area contributed by atoms with E-state index < -0.39 is 18.2 Å². The van der Waals surface area contributed by atoms with Crippen LogP contribution < -0.4 is 11.1 Å². The van der Waals surface area contributed by atoms with Crippen LogP contribution in [-0.4, -0.2) is 29.2 Å². The standard InChI is InChI=1S/C34H37FN2O4/c1-22(2)33(36)32(34(40)37-26-12-7-4-8-13-26)31(24-10-5-3-6-11-24)29(23-16-18-25(35)19-17-23)15-9-14-28-20-27(38)21-30(39)41-28/h3-8,10-13,16-19,22,27-28,38H,9,14-15,20-21,36H2,1-2H3,(H,37,40)/b31-29+,33-32+/t27-,28-/m1/s1. The number of cyclic esters (lactones) is 1. The number of allylic oxidation sites excluding steroid dienone is 2. The fraction of sp³-hybridized carbons (Fsp3) is 0.294. The third-order valence-corrected chi connectivity index (χ3v) is 7.16. The number of carbonyl (C=O) groups excluding carboxylic acids is 2. The van der Waals surface area contributed by atoms with E-state index in [2.05, 4.69) is 5.32 Å². The Hall–Kier alpha value is -4.23. The molecule has 0 bridgehead atoms. The highest BCUT2D eigenvalue weighted by Crippen LogP contribution is 2.38. The summed E-state index contributed by atoms with van der Waals surface area (Å²) >= 11 is 0. The molecule has 0 aliphatic carbocycles. The van der Waals surface area contributed by atoms with Crippen molar-refractivity contribution in [1.82, 2.24) is 0 Å². The molecule has 0 radical (unpaired) electrons. The van der Waals surface area contributed by atoms with Crippen molar-refractivity contribution in [2.75, 3.05) is 5.32 Å². The van der Waals surface area contributed by atoms with Crippen molar-refractivity contribution < 1.29 is 23.8 Å². The maximum atomic E-state index is 14.0. The molecule has 4 N–H and O–H groups in total. The first-order valence-corrected chi connectivity index (χ1v) is 14.0. The van der Waals surface area contributed by atoms with Gasteiger partial charge >= 0.3 is 5.97 Å². The number of rotatable bonds is 10. The maximum absolute atomic E-state index is 14.0. The van der Waals surface area contributed by atoms with Crippen molar-refractivity contribution in [2.45, 2.75) is 58.2 Å². The minimum Gasteiger partial charge on any atom is -0.462 e. The molecule has 0 unspecified atom stereocenters. The molecule has 1 fully saturated rings. The summed E-state index contributed by atoms with van der Waals surface area (Å²) in [5, 5.41) is 13.1. The van der Waals surface area contributed by atoms with E-state index in [1.807, 2.05) is 74.5 Å². The molecule has 3 aromatic carbocycles. The van der Waals surface area contributed by atoms with E-state index in [0.29, 0.717) is 48.2 Å². The van der Waals surface area contributed by atoms with Gasteiger partial charge in [0.05, 0.1) is 18.1 Å². The Morgan fingerprint density at radius 3 is 2.24 bits per heavy atom. The molecule has 3 aromatic rings. The van der Waals surface area contributed by atoms with E-state index in [-0.39, 0.29) is 24.1 Å². The molecule has 214 valence electrons. The van der Waals surface area contributed by atoms with Gasteiger partial charge in [0.15, 0.2) is 0 Å². The van der Waals surface area contributed by atoms with E-state index in [0.717, 1.165) is 16.7 Å². The Balaban J connectivity index is 1.85. The first kappa shape index (κ1) is 29.7. The molecule has 6 nitrogen and oxygen atoms in total. The van der Waals surface area contributed by atoms with Crippen LogP contribution in [-0.2, 0) is 14.3 Å². The van der Waals surface area contributed by atoms with Crippen LogP contribution in [0, 0.1) is 11.7 Å². The molecule has 7 heteroatoms. The summed E-state index contributed by atoms with van der Waals surface area (Å²) in [7, 11) is 0. The van der Waals surface area contributed by atoms with Gasteiger partial charge in [0.25, 0.3) is 5.91 Å². The number of ether oxygens (including phenoxy) is 1. The Kier molecular flexibility index (Phi) is 10.1. The fourth-order valence-corrected chi connectivity index (χ4v) is 5.08. The molecule has 1 aliphatic heterocycles. The van der Waals surface area contributed by atoms with Gasteiger partial charge in [-0.25, -0.2) is 4.39 Å². The van der Waals surface area contributed by atoms with Crippen LogP contribution in [0.1, 0.15) is 57.1 Å². The molecule has 41 heavy (non-hydrogen) atoms. The summed E-state index contributed by atoms with van der Waals surface area (Å²) in [5.74, 6) is -1.25. The number of para-hydroxylation sites is 1. The third kappa shape index (κ3) is 7.92. The average molecular weight is 557 g/mol. The van der Waals surface area contributed by atoms with Crippen LogP contribution in [0.3, 0.4) is 0 Å². The Bertz CT molecular complexity index is 1400. The van der Waals surface area contributed by atoms with E-state index in [1.54, 1.807) is 12.1 Å². The minimum atomic E-state index is -0.713. The van der Waals surface area contributed by atoms with Crippen molar-refractivity contribution in [1.29, 1.82) is 0 Å². The van der Waals surface area contributed by atoms with Gasteiger partial charge < -0.3 is 20.9 Å². The lowest BCUT2D eigenvalue weighted by Crippen LogP contribution is -2.32. The van der Waals surface area contributed by atoms with Gasteiger partial charge in [0.2, 0.25) is 0 Å². The van der Waals surface area contributed by atoms with E-state index in [1.165, 1.54) is 12.1 Å². The van der Waals surface area contributed by atoms with Crippen LogP contribution in [0.15, 0.2) is 96.2 Å². The molecular formula is C34H37FN2O4. The first-order valence-electron chi connectivity index (χ1n) is 14.0. The number of hydrogen-bond acceptors (Lipinski definition) is 5. The summed E-state index contributed by atoms with van der Waals surface area (Å²) in [6, 6.07) is 25.0. The third-order valence-electron chi connectivity index (χ3n) is 7.16. The summed E-state index contributed by atoms with van der Waals surface area (Å²) in [6.07, 6.45) is 0.918. The number of nitrogens with two attached hydrogens (primary N) is 1. The molecular weight excluding hydrogens is 519 g/mol. The number of esters is 1. The predicted octanol–water partition coefficient (Wildman–Crippen LogP) is 6.48. The van der Waals surface area contributed by atoms with E-state index in [9.17, 15) is 19.1 Å². The molecule has 0 saturated carbocycles. The molecule has 2 atom stereocenters. The Morgan fingerprint density at radius 1 is 1.00 bits per heavy atom. The van der Waals surface area contributed by atoms with Gasteiger partial charge in [-0.05, 0) is 71.7 Å². The number of carbonyl (C=O) groups is 2. The van der Waals surface area contributed by atoms with Crippen LogP contribution in [0.2, 0.25) is 0 Å². The number of halogens is 1. The Morgan fingerprint density at radius 2 is 1.63 bits per heavy atom. The van der Waals surface area contributed by atoms with Crippen LogP contribution in [0.4, 0.5) is 10.1 Å². The largest absolute Gasteiger partial charge is 0.462 e. The molecule has 1 amide bonds. The van der Waals surface area contributed by atoms with E-state index in [4.69, 9.17) is 10.5 Å². The summed E-state index contributed by atoms with van der Waals surface area (Å²) in [6.45, 7) is 3.88. The van der Waals surface area contributed by atoms with Gasteiger partial charge in [0.1, 0.15) is 11.9 Å². The van der Waals surface area contributed by atoms with E-state index >= 15 is 0 Å². The number of nitrogens with one attached hydrogen (secondary N) is 1. The van der Waals surface area contributed by atoms with Crippen molar-refractivity contribution in [3.63, 3.8) is 0 Å². The zero-order valence-electron chi connectivity index (χ0n) is 23.5. The second-order valence-corrected chi connectivity index (χ2v) is 10.6. The van der Waals surface area contributed by atoms with Crippen LogP contribution >= 0.6 is 0 Å². The Labute approximate surface area is 240 Å². The zero-order valence-corrected chi connectivity index (χ0v) is 23.5. The minimum absolute atomic E-state index is 0.00848. The highest BCUT2D eigenvalue weighted by Gasteiger charge is 2.28. The molecule has 4 rings (SSSR count). The zero-order chi connectivity index (χ0) is 29.4. The second kappa shape index (κ2) is 13.9. The van der Waals surface area contributed by atoms with Gasteiger partial charge in [-0.2, -0.15) is 0 Å². The monoisotopic (exact) mass is 556 g/mol. The highest BCUT2D eigenvalue weighted by molar-refractivity contribution is 6.20. The lowest BCUT2D eigenvalue weighted by atomic mass is 9.84. The lowest BCUT2D eigenvalue weighted by molar-refractivity contribution is -0.160. The average Bonchev–Trinajstić information content (AvgIpc) is 2.95. The molecule has 0 aromatic heterocycles.